The average molecular weight is 299 g/mol. The molecule has 2 aliphatic rings. The van der Waals surface area contributed by atoms with Gasteiger partial charge in [0.25, 0.3) is 0 Å². The lowest BCUT2D eigenvalue weighted by Crippen LogP contribution is -2.63. The summed E-state index contributed by atoms with van der Waals surface area (Å²) in [6.07, 6.45) is 4.02. The van der Waals surface area contributed by atoms with Crippen molar-refractivity contribution < 1.29 is 0 Å². The molecule has 106 valence electrons. The Kier molecular flexibility index (Phi) is 3.91. The fraction of sp³-hybridized carbons (Fsp3) is 0.733. The molecule has 3 rings (SSSR count). The molecule has 2 heterocycles. The zero-order valence-electron chi connectivity index (χ0n) is 11.8. The number of hydrogen-bond donors (Lipinski definition) is 1. The predicted octanol–water partition coefficient (Wildman–Crippen LogP) is 3.75. The van der Waals surface area contributed by atoms with Crippen molar-refractivity contribution in [3.8, 4) is 0 Å². The van der Waals surface area contributed by atoms with E-state index in [0.717, 1.165) is 23.3 Å². The first kappa shape index (κ1) is 13.9. The molecule has 1 aromatic rings. The minimum atomic E-state index is 0.326. The summed E-state index contributed by atoms with van der Waals surface area (Å²) in [7, 11) is 0. The molecule has 1 aliphatic heterocycles. The third-order valence-corrected chi connectivity index (χ3v) is 5.94. The van der Waals surface area contributed by atoms with Crippen LogP contribution >= 0.6 is 22.9 Å². The first-order chi connectivity index (χ1) is 9.10. The molecule has 2 atom stereocenters. The fourth-order valence-electron chi connectivity index (χ4n) is 3.31. The minimum absolute atomic E-state index is 0.326. The van der Waals surface area contributed by atoms with Crippen molar-refractivity contribution in [1.82, 2.24) is 10.2 Å². The Morgan fingerprint density at radius 3 is 2.84 bits per heavy atom. The van der Waals surface area contributed by atoms with Crippen LogP contribution in [0.2, 0.25) is 4.34 Å². The summed E-state index contributed by atoms with van der Waals surface area (Å²) >= 11 is 7.77. The molecule has 2 nitrogen and oxygen atoms in total. The van der Waals surface area contributed by atoms with E-state index in [1.54, 1.807) is 11.3 Å². The Morgan fingerprint density at radius 2 is 2.26 bits per heavy atom. The molecule has 4 heteroatoms. The lowest BCUT2D eigenvalue weighted by molar-refractivity contribution is 0.0674. The number of piperazine rings is 1. The molecule has 1 N–H and O–H groups in total. The lowest BCUT2D eigenvalue weighted by atomic mass is 9.90. The number of halogens is 1. The molecule has 2 fully saturated rings. The second-order valence-corrected chi connectivity index (χ2v) is 8.05. The van der Waals surface area contributed by atoms with Crippen molar-refractivity contribution in [1.29, 1.82) is 0 Å². The standard InChI is InChI=1S/C15H23ClN2S/c1-3-12-8-17-15(2,11-4-5-11)10-18(12)9-13-6-7-14(16)19-13/h6-7,11-12,17H,3-5,8-10H2,1-2H3. The van der Waals surface area contributed by atoms with Crippen LogP contribution in [-0.4, -0.2) is 29.6 Å². The van der Waals surface area contributed by atoms with Crippen molar-refractivity contribution in [2.75, 3.05) is 13.1 Å². The van der Waals surface area contributed by atoms with Gasteiger partial charge in [0.15, 0.2) is 0 Å². The SMILES string of the molecule is CCC1CNC(C)(C2CC2)CN1Cc1ccc(Cl)s1. The van der Waals surface area contributed by atoms with Gasteiger partial charge >= 0.3 is 0 Å². The van der Waals surface area contributed by atoms with Crippen molar-refractivity contribution in [2.24, 2.45) is 5.92 Å². The van der Waals surface area contributed by atoms with E-state index in [1.807, 2.05) is 6.07 Å². The van der Waals surface area contributed by atoms with Gasteiger partial charge in [-0.1, -0.05) is 18.5 Å². The lowest BCUT2D eigenvalue weighted by Gasteiger charge is -2.46. The summed E-state index contributed by atoms with van der Waals surface area (Å²) in [5.74, 6) is 0.889. The van der Waals surface area contributed by atoms with Crippen molar-refractivity contribution in [3.05, 3.63) is 21.3 Å². The quantitative estimate of drug-likeness (QED) is 0.910. The van der Waals surface area contributed by atoms with Gasteiger partial charge in [-0.25, -0.2) is 0 Å². The zero-order valence-corrected chi connectivity index (χ0v) is 13.4. The topological polar surface area (TPSA) is 15.3 Å². The van der Waals surface area contributed by atoms with Gasteiger partial charge in [0, 0.05) is 36.1 Å². The van der Waals surface area contributed by atoms with Crippen LogP contribution in [0.4, 0.5) is 0 Å². The van der Waals surface area contributed by atoms with Crippen molar-refractivity contribution >= 4 is 22.9 Å². The third-order valence-electron chi connectivity index (χ3n) is 4.73. The highest BCUT2D eigenvalue weighted by Crippen LogP contribution is 2.41. The molecule has 0 radical (unpaired) electrons. The molecule has 1 aliphatic carbocycles. The molecule has 19 heavy (non-hydrogen) atoms. The van der Waals surface area contributed by atoms with Crippen LogP contribution in [-0.2, 0) is 6.54 Å². The van der Waals surface area contributed by atoms with E-state index in [9.17, 15) is 0 Å². The van der Waals surface area contributed by atoms with E-state index in [4.69, 9.17) is 11.6 Å². The monoisotopic (exact) mass is 298 g/mol. The van der Waals surface area contributed by atoms with Gasteiger partial charge in [-0.05, 0) is 44.2 Å². The molecule has 1 aromatic heterocycles. The molecule has 0 spiro atoms. The summed E-state index contributed by atoms with van der Waals surface area (Å²) < 4.78 is 0.906. The highest BCUT2D eigenvalue weighted by molar-refractivity contribution is 7.16. The molecule has 1 saturated heterocycles. The maximum atomic E-state index is 6.05. The van der Waals surface area contributed by atoms with Crippen molar-refractivity contribution in [2.45, 2.75) is 51.2 Å². The number of thiophene rings is 1. The Morgan fingerprint density at radius 1 is 1.47 bits per heavy atom. The summed E-state index contributed by atoms with van der Waals surface area (Å²) in [5, 5.41) is 3.82. The highest BCUT2D eigenvalue weighted by Gasteiger charge is 2.45. The van der Waals surface area contributed by atoms with Gasteiger partial charge in [-0.15, -0.1) is 11.3 Å². The average Bonchev–Trinajstić information content (AvgIpc) is 3.16. The Labute approximate surface area is 125 Å². The Balaban J connectivity index is 1.71. The van der Waals surface area contributed by atoms with Gasteiger partial charge in [0.2, 0.25) is 0 Å². The molecular weight excluding hydrogens is 276 g/mol. The summed E-state index contributed by atoms with van der Waals surface area (Å²) in [6, 6.07) is 4.86. The van der Waals surface area contributed by atoms with Crippen LogP contribution < -0.4 is 5.32 Å². The largest absolute Gasteiger partial charge is 0.308 e. The Bertz CT molecular complexity index is 443. The fourth-order valence-corrected chi connectivity index (χ4v) is 4.42. The second-order valence-electron chi connectivity index (χ2n) is 6.25. The van der Waals surface area contributed by atoms with Gasteiger partial charge in [-0.3, -0.25) is 4.90 Å². The van der Waals surface area contributed by atoms with E-state index in [0.29, 0.717) is 11.6 Å². The molecule has 0 aromatic carbocycles. The predicted molar refractivity (Wildman–Crippen MR) is 82.9 cm³/mol. The van der Waals surface area contributed by atoms with E-state index >= 15 is 0 Å². The Hall–Kier alpha value is -0.0900. The van der Waals surface area contributed by atoms with Crippen LogP contribution in [0.5, 0.6) is 0 Å². The molecule has 0 bridgehead atoms. The van der Waals surface area contributed by atoms with Crippen LogP contribution in [0.3, 0.4) is 0 Å². The van der Waals surface area contributed by atoms with E-state index in [1.165, 1.54) is 30.7 Å². The van der Waals surface area contributed by atoms with Crippen LogP contribution in [0.25, 0.3) is 0 Å². The molecular formula is C15H23ClN2S. The molecule has 2 unspecified atom stereocenters. The van der Waals surface area contributed by atoms with E-state index < -0.39 is 0 Å². The minimum Gasteiger partial charge on any atom is -0.308 e. The number of hydrogen-bond acceptors (Lipinski definition) is 3. The number of nitrogens with zero attached hydrogens (tertiary/aromatic N) is 1. The van der Waals surface area contributed by atoms with Gasteiger partial charge in [0.05, 0.1) is 4.34 Å². The van der Waals surface area contributed by atoms with Gasteiger partial charge < -0.3 is 5.32 Å². The molecule has 0 amide bonds. The van der Waals surface area contributed by atoms with Crippen molar-refractivity contribution in [3.63, 3.8) is 0 Å². The summed E-state index contributed by atoms with van der Waals surface area (Å²) in [6.45, 7) is 8.06. The maximum absolute atomic E-state index is 6.05. The summed E-state index contributed by atoms with van der Waals surface area (Å²) in [4.78, 5) is 4.06. The van der Waals surface area contributed by atoms with Crippen LogP contribution in [0.1, 0.15) is 38.0 Å². The number of rotatable bonds is 4. The molecule has 1 saturated carbocycles. The van der Waals surface area contributed by atoms with Crippen LogP contribution in [0, 0.1) is 5.92 Å². The first-order valence-electron chi connectivity index (χ1n) is 7.34. The smallest absolute Gasteiger partial charge is 0.0931 e. The summed E-state index contributed by atoms with van der Waals surface area (Å²) in [5.41, 5.74) is 0.326. The number of nitrogens with one attached hydrogen (secondary N) is 1. The first-order valence-corrected chi connectivity index (χ1v) is 8.53. The highest BCUT2D eigenvalue weighted by atomic mass is 35.5. The third kappa shape index (κ3) is 2.99. The second kappa shape index (κ2) is 5.36. The van der Waals surface area contributed by atoms with Gasteiger partial charge in [0.1, 0.15) is 0 Å². The normalized spacial score (nSPS) is 32.7. The van der Waals surface area contributed by atoms with Crippen LogP contribution in [0.15, 0.2) is 12.1 Å². The van der Waals surface area contributed by atoms with Gasteiger partial charge in [-0.2, -0.15) is 0 Å². The van der Waals surface area contributed by atoms with E-state index in [-0.39, 0.29) is 0 Å². The maximum Gasteiger partial charge on any atom is 0.0931 e. The zero-order chi connectivity index (χ0) is 13.5. The van der Waals surface area contributed by atoms with E-state index in [2.05, 4.69) is 30.1 Å².